The Kier molecular flexibility index (Phi) is 5.72. The van der Waals surface area contributed by atoms with Crippen LogP contribution in [-0.2, 0) is 15.6 Å². The third kappa shape index (κ3) is 3.82. The Bertz CT molecular complexity index is 1230. The molecule has 0 fully saturated rings. The number of carbonyl (C=O) groups excluding carboxylic acids is 1. The summed E-state index contributed by atoms with van der Waals surface area (Å²) in [4.78, 5) is 17.5. The molecule has 1 aliphatic rings. The van der Waals surface area contributed by atoms with Crippen LogP contribution in [0, 0.1) is 11.3 Å². The average molecular weight is 462 g/mol. The van der Waals surface area contributed by atoms with E-state index in [1.165, 1.54) is 18.2 Å². The molecule has 0 saturated heterocycles. The van der Waals surface area contributed by atoms with Crippen molar-refractivity contribution in [2.24, 2.45) is 10.7 Å². The van der Waals surface area contributed by atoms with E-state index >= 15 is 0 Å². The van der Waals surface area contributed by atoms with E-state index in [0.29, 0.717) is 16.1 Å². The molecule has 1 aromatic heterocycles. The van der Waals surface area contributed by atoms with Crippen molar-refractivity contribution >= 4 is 50.5 Å². The van der Waals surface area contributed by atoms with Crippen LogP contribution in [0.25, 0.3) is 0 Å². The van der Waals surface area contributed by atoms with Gasteiger partial charge >= 0.3 is 0 Å². The molecule has 0 radical (unpaired) electrons. The summed E-state index contributed by atoms with van der Waals surface area (Å²) in [5, 5.41) is 11.8. The summed E-state index contributed by atoms with van der Waals surface area (Å²) in [6, 6.07) is 9.85. The van der Waals surface area contributed by atoms with E-state index in [-0.39, 0.29) is 15.9 Å². The summed E-state index contributed by atoms with van der Waals surface area (Å²) in [5.74, 6) is -1.22. The number of nitrogens with one attached hydrogen (secondary N) is 1. The van der Waals surface area contributed by atoms with Gasteiger partial charge in [0.05, 0.1) is 26.4 Å². The lowest BCUT2D eigenvalue weighted by Crippen LogP contribution is -2.49. The van der Waals surface area contributed by atoms with Crippen LogP contribution in [0.1, 0.15) is 20.1 Å². The van der Waals surface area contributed by atoms with Crippen LogP contribution in [0.15, 0.2) is 60.8 Å². The molecule has 1 aliphatic heterocycles. The number of benzene rings is 1. The number of halogens is 1. The minimum Gasteiger partial charge on any atom is -0.369 e. The molecule has 3 N–H and O–H groups in total. The first-order chi connectivity index (χ1) is 14.2. The second-order valence-electron chi connectivity index (χ2n) is 6.27. The standard InChI is InChI=1S/C19H16ClN5O3S2/c1-3-19(11-30(27,28)25(4-2)18(22)24-19)16-14(20)9-15(29-16)17(26)23-13-7-5-6-12(8-13)10-21/h3-9H,1-2,11H2,(H2,22,24)(H,23,26)/t19-/m0/s1. The normalized spacial score (nSPS) is 20.0. The summed E-state index contributed by atoms with van der Waals surface area (Å²) < 4.78 is 26.0. The molecule has 30 heavy (non-hydrogen) atoms. The van der Waals surface area contributed by atoms with Gasteiger partial charge in [0.25, 0.3) is 5.91 Å². The van der Waals surface area contributed by atoms with E-state index < -0.39 is 27.2 Å². The molecule has 1 amide bonds. The van der Waals surface area contributed by atoms with Crippen LogP contribution in [0.2, 0.25) is 5.02 Å². The van der Waals surface area contributed by atoms with Crippen molar-refractivity contribution in [3.05, 3.63) is 76.1 Å². The summed E-state index contributed by atoms with van der Waals surface area (Å²) >= 11 is 7.34. The van der Waals surface area contributed by atoms with Crippen molar-refractivity contribution in [1.29, 1.82) is 5.26 Å². The number of thiophene rings is 1. The number of amides is 1. The minimum absolute atomic E-state index is 0.162. The Balaban J connectivity index is 1.99. The summed E-state index contributed by atoms with van der Waals surface area (Å²) in [6.07, 6.45) is 2.40. The largest absolute Gasteiger partial charge is 0.369 e. The molecule has 2 heterocycles. The third-order valence-electron chi connectivity index (χ3n) is 4.30. The molecule has 0 bridgehead atoms. The predicted molar refractivity (Wildman–Crippen MR) is 118 cm³/mol. The number of nitrogens with zero attached hydrogens (tertiary/aromatic N) is 3. The SMILES string of the molecule is C=CN1C(N)=N[C@](C=C)(c2sc(C(=O)Nc3cccc(C#N)c3)cc2Cl)CS1(=O)=O. The van der Waals surface area contributed by atoms with E-state index in [2.05, 4.69) is 23.5 Å². The third-order valence-corrected chi connectivity index (χ3v) is 7.75. The Morgan fingerprint density at radius 3 is 2.77 bits per heavy atom. The van der Waals surface area contributed by atoms with Crippen LogP contribution in [-0.4, -0.2) is 30.3 Å². The smallest absolute Gasteiger partial charge is 0.265 e. The average Bonchev–Trinajstić information content (AvgIpc) is 3.09. The first-order valence-electron chi connectivity index (χ1n) is 8.40. The van der Waals surface area contributed by atoms with E-state index in [9.17, 15) is 13.2 Å². The van der Waals surface area contributed by atoms with Gasteiger partial charge in [0.15, 0.2) is 0 Å². The summed E-state index contributed by atoms with van der Waals surface area (Å²) in [5.41, 5.74) is 5.23. The highest BCUT2D eigenvalue weighted by atomic mass is 35.5. The van der Waals surface area contributed by atoms with Gasteiger partial charge in [-0.1, -0.05) is 30.3 Å². The van der Waals surface area contributed by atoms with Crippen molar-refractivity contribution in [2.75, 3.05) is 11.1 Å². The molecule has 8 nitrogen and oxygen atoms in total. The first-order valence-corrected chi connectivity index (χ1v) is 11.2. The number of sulfonamides is 1. The summed E-state index contributed by atoms with van der Waals surface area (Å²) in [6.45, 7) is 7.15. The van der Waals surface area contributed by atoms with Crippen molar-refractivity contribution < 1.29 is 13.2 Å². The number of aliphatic imine (C=N–C) groups is 1. The number of guanidine groups is 1. The van der Waals surface area contributed by atoms with Crippen LogP contribution in [0.4, 0.5) is 5.69 Å². The van der Waals surface area contributed by atoms with Gasteiger partial charge in [-0.3, -0.25) is 4.79 Å². The number of nitrogens with two attached hydrogens (primary N) is 1. The molecule has 3 rings (SSSR count). The molecule has 0 saturated carbocycles. The number of nitriles is 1. The molecule has 0 unspecified atom stereocenters. The van der Waals surface area contributed by atoms with Crippen LogP contribution in [0.3, 0.4) is 0 Å². The molecule has 0 spiro atoms. The lowest BCUT2D eigenvalue weighted by Gasteiger charge is -2.34. The van der Waals surface area contributed by atoms with Gasteiger partial charge in [0, 0.05) is 11.9 Å². The highest BCUT2D eigenvalue weighted by Gasteiger charge is 2.44. The molecule has 154 valence electrons. The van der Waals surface area contributed by atoms with Crippen molar-refractivity contribution in [2.45, 2.75) is 5.54 Å². The monoisotopic (exact) mass is 461 g/mol. The highest BCUT2D eigenvalue weighted by Crippen LogP contribution is 2.42. The van der Waals surface area contributed by atoms with Gasteiger partial charge in [-0.15, -0.1) is 17.9 Å². The predicted octanol–water partition coefficient (Wildman–Crippen LogP) is 3.01. The lowest BCUT2D eigenvalue weighted by atomic mass is 10.0. The Morgan fingerprint density at radius 2 is 2.17 bits per heavy atom. The topological polar surface area (TPSA) is 129 Å². The Labute approximate surface area is 182 Å². The van der Waals surface area contributed by atoms with Gasteiger partial charge in [0.2, 0.25) is 16.0 Å². The van der Waals surface area contributed by atoms with Gasteiger partial charge in [0.1, 0.15) is 11.3 Å². The second-order valence-corrected chi connectivity index (χ2v) is 9.57. The Hall–Kier alpha value is -3.13. The fourth-order valence-corrected chi connectivity index (χ4v) is 6.13. The molecule has 1 aromatic carbocycles. The zero-order chi connectivity index (χ0) is 22.1. The van der Waals surface area contributed by atoms with Crippen LogP contribution >= 0.6 is 22.9 Å². The quantitative estimate of drug-likeness (QED) is 0.661. The van der Waals surface area contributed by atoms with Gasteiger partial charge in [-0.25, -0.2) is 17.7 Å². The fourth-order valence-electron chi connectivity index (χ4n) is 2.93. The maximum atomic E-state index is 12.7. The lowest BCUT2D eigenvalue weighted by molar-refractivity contribution is 0.103. The number of anilines is 1. The van der Waals surface area contributed by atoms with Gasteiger partial charge < -0.3 is 11.1 Å². The minimum atomic E-state index is -3.87. The number of hydrogen-bond acceptors (Lipinski definition) is 7. The number of carbonyl (C=O) groups is 1. The summed E-state index contributed by atoms with van der Waals surface area (Å²) in [7, 11) is -3.87. The molecular formula is C19H16ClN5O3S2. The van der Waals surface area contributed by atoms with Crippen LogP contribution in [0.5, 0.6) is 0 Å². The van der Waals surface area contributed by atoms with E-state index in [4.69, 9.17) is 22.6 Å². The maximum Gasteiger partial charge on any atom is 0.265 e. The fraction of sp³-hybridized carbons (Fsp3) is 0.105. The molecule has 2 aromatic rings. The Morgan fingerprint density at radius 1 is 1.43 bits per heavy atom. The van der Waals surface area contributed by atoms with E-state index in [0.717, 1.165) is 21.8 Å². The van der Waals surface area contributed by atoms with Crippen molar-refractivity contribution in [1.82, 2.24) is 4.31 Å². The second kappa shape index (κ2) is 7.95. The van der Waals surface area contributed by atoms with E-state index in [1.54, 1.807) is 18.2 Å². The van der Waals surface area contributed by atoms with Gasteiger partial charge in [-0.2, -0.15) is 5.26 Å². The molecular weight excluding hydrogens is 446 g/mol. The van der Waals surface area contributed by atoms with Crippen molar-refractivity contribution in [3.63, 3.8) is 0 Å². The zero-order valence-corrected chi connectivity index (χ0v) is 17.9. The molecule has 0 aliphatic carbocycles. The van der Waals surface area contributed by atoms with Crippen LogP contribution < -0.4 is 11.1 Å². The first kappa shape index (κ1) is 21.6. The maximum absolute atomic E-state index is 12.7. The van der Waals surface area contributed by atoms with Crippen molar-refractivity contribution in [3.8, 4) is 6.07 Å². The highest BCUT2D eigenvalue weighted by molar-refractivity contribution is 7.89. The van der Waals surface area contributed by atoms with Gasteiger partial charge in [-0.05, 0) is 24.3 Å². The zero-order valence-electron chi connectivity index (χ0n) is 15.5. The number of hydrogen-bond donors (Lipinski definition) is 2. The molecule has 1 atom stereocenters. The number of rotatable bonds is 5. The molecule has 11 heteroatoms. The van der Waals surface area contributed by atoms with E-state index in [1.807, 2.05) is 6.07 Å².